The third-order valence-corrected chi connectivity index (χ3v) is 6.72. The monoisotopic (exact) mass is 415 g/mol. The zero-order valence-corrected chi connectivity index (χ0v) is 19.1. The molecule has 6 heteroatoms. The van der Waals surface area contributed by atoms with Crippen molar-refractivity contribution >= 4 is 21.6 Å². The second-order valence-corrected chi connectivity index (χ2v) is 8.56. The fourth-order valence-electron chi connectivity index (χ4n) is 4.20. The summed E-state index contributed by atoms with van der Waals surface area (Å²) in [4.78, 5) is 15.9. The first-order valence-electron chi connectivity index (χ1n) is 11.0. The van der Waals surface area contributed by atoms with E-state index in [1.54, 1.807) is 30.1 Å². The van der Waals surface area contributed by atoms with Gasteiger partial charge in [0, 0.05) is 10.8 Å². The highest BCUT2D eigenvalue weighted by Gasteiger charge is 2.32. The van der Waals surface area contributed by atoms with Crippen LogP contribution in [-0.2, 0) is 6.42 Å². The lowest BCUT2D eigenvalue weighted by atomic mass is 9.90. The van der Waals surface area contributed by atoms with Crippen molar-refractivity contribution in [2.75, 3.05) is 0 Å². The van der Waals surface area contributed by atoms with E-state index in [0.717, 1.165) is 54.1 Å². The Hall–Kier alpha value is -1.95. The molecule has 158 valence electrons. The third kappa shape index (κ3) is 4.63. The SMILES string of the molecule is CC.CCC[C@@H](CC)Oc1ncnc2sc3c(c12)[C@@H](CC(C)c1ncco1)CC3. The van der Waals surface area contributed by atoms with Gasteiger partial charge < -0.3 is 9.15 Å². The van der Waals surface area contributed by atoms with Gasteiger partial charge in [-0.25, -0.2) is 15.0 Å². The van der Waals surface area contributed by atoms with Crippen LogP contribution in [0.3, 0.4) is 0 Å². The molecule has 1 unspecified atom stereocenters. The number of ether oxygens (including phenoxy) is 1. The van der Waals surface area contributed by atoms with E-state index in [9.17, 15) is 0 Å². The first-order chi connectivity index (χ1) is 14.2. The van der Waals surface area contributed by atoms with Gasteiger partial charge in [0.1, 0.15) is 23.5 Å². The predicted octanol–water partition coefficient (Wildman–Crippen LogP) is 6.89. The Morgan fingerprint density at radius 3 is 2.76 bits per heavy atom. The summed E-state index contributed by atoms with van der Waals surface area (Å²) in [5.41, 5.74) is 1.41. The molecular weight excluding hydrogens is 382 g/mol. The molecule has 3 heterocycles. The maximum atomic E-state index is 6.35. The Kier molecular flexibility index (Phi) is 7.64. The Labute approximate surface area is 177 Å². The average Bonchev–Trinajstić information content (AvgIpc) is 3.47. The van der Waals surface area contributed by atoms with Crippen molar-refractivity contribution in [3.63, 3.8) is 0 Å². The molecule has 1 aliphatic rings. The van der Waals surface area contributed by atoms with E-state index in [2.05, 4.69) is 35.7 Å². The number of aromatic nitrogens is 3. The lowest BCUT2D eigenvalue weighted by Gasteiger charge is -2.19. The summed E-state index contributed by atoms with van der Waals surface area (Å²) in [6.45, 7) is 10.6. The summed E-state index contributed by atoms with van der Waals surface area (Å²) in [6, 6.07) is 0. The molecule has 0 amide bonds. The molecule has 0 aromatic carbocycles. The lowest BCUT2D eigenvalue weighted by Crippen LogP contribution is -2.16. The summed E-state index contributed by atoms with van der Waals surface area (Å²) >= 11 is 1.81. The number of thiophene rings is 1. The molecule has 5 nitrogen and oxygen atoms in total. The van der Waals surface area contributed by atoms with Gasteiger partial charge in [-0.1, -0.05) is 41.0 Å². The van der Waals surface area contributed by atoms with Crippen LogP contribution in [0.25, 0.3) is 10.2 Å². The van der Waals surface area contributed by atoms with Gasteiger partial charge in [0.05, 0.1) is 11.6 Å². The minimum Gasteiger partial charge on any atom is -0.474 e. The smallest absolute Gasteiger partial charge is 0.225 e. The largest absolute Gasteiger partial charge is 0.474 e. The quantitative estimate of drug-likeness (QED) is 0.401. The lowest BCUT2D eigenvalue weighted by molar-refractivity contribution is 0.180. The first kappa shape index (κ1) is 21.8. The van der Waals surface area contributed by atoms with E-state index < -0.39 is 0 Å². The summed E-state index contributed by atoms with van der Waals surface area (Å²) in [5, 5.41) is 1.15. The zero-order chi connectivity index (χ0) is 20.8. The predicted molar refractivity (Wildman–Crippen MR) is 119 cm³/mol. The van der Waals surface area contributed by atoms with E-state index in [1.165, 1.54) is 16.9 Å². The molecule has 0 spiro atoms. The van der Waals surface area contributed by atoms with Gasteiger partial charge in [-0.15, -0.1) is 11.3 Å². The van der Waals surface area contributed by atoms with Gasteiger partial charge in [0.2, 0.25) is 5.88 Å². The number of hydrogen-bond donors (Lipinski definition) is 0. The number of fused-ring (bicyclic) bond motifs is 3. The highest BCUT2D eigenvalue weighted by molar-refractivity contribution is 7.19. The van der Waals surface area contributed by atoms with Crippen LogP contribution >= 0.6 is 11.3 Å². The molecular formula is C23H33N3O2S. The van der Waals surface area contributed by atoms with Gasteiger partial charge in [-0.05, 0) is 43.6 Å². The summed E-state index contributed by atoms with van der Waals surface area (Å²) in [5.74, 6) is 2.37. The van der Waals surface area contributed by atoms with E-state index in [0.29, 0.717) is 11.8 Å². The normalized spacial score (nSPS) is 17.5. The van der Waals surface area contributed by atoms with Crippen LogP contribution in [0.1, 0.15) is 94.9 Å². The number of nitrogens with zero attached hydrogens (tertiary/aromatic N) is 3. The second kappa shape index (κ2) is 10.2. The average molecular weight is 416 g/mol. The number of oxazole rings is 1. The fraction of sp³-hybridized carbons (Fsp3) is 0.609. The molecule has 29 heavy (non-hydrogen) atoms. The number of hydrogen-bond acceptors (Lipinski definition) is 6. The van der Waals surface area contributed by atoms with Crippen molar-refractivity contribution in [2.24, 2.45) is 0 Å². The molecule has 0 fully saturated rings. The van der Waals surface area contributed by atoms with Gasteiger partial charge in [-0.2, -0.15) is 0 Å². The van der Waals surface area contributed by atoms with E-state index in [4.69, 9.17) is 9.15 Å². The third-order valence-electron chi connectivity index (χ3n) is 5.55. The molecule has 0 aliphatic heterocycles. The highest BCUT2D eigenvalue weighted by Crippen LogP contribution is 2.48. The van der Waals surface area contributed by atoms with Crippen molar-refractivity contribution in [3.8, 4) is 5.88 Å². The van der Waals surface area contributed by atoms with E-state index in [1.807, 2.05) is 13.8 Å². The van der Waals surface area contributed by atoms with Crippen LogP contribution in [0.2, 0.25) is 0 Å². The van der Waals surface area contributed by atoms with Crippen LogP contribution in [0.15, 0.2) is 23.2 Å². The molecule has 3 atom stereocenters. The van der Waals surface area contributed by atoms with Gasteiger partial charge in [0.15, 0.2) is 5.89 Å². The zero-order valence-electron chi connectivity index (χ0n) is 18.3. The molecule has 0 radical (unpaired) electrons. The van der Waals surface area contributed by atoms with E-state index in [-0.39, 0.29) is 6.10 Å². The van der Waals surface area contributed by atoms with Crippen molar-refractivity contribution in [2.45, 2.75) is 91.1 Å². The van der Waals surface area contributed by atoms with Gasteiger partial charge >= 0.3 is 0 Å². The molecule has 0 bridgehead atoms. The van der Waals surface area contributed by atoms with Crippen molar-refractivity contribution in [1.29, 1.82) is 0 Å². The summed E-state index contributed by atoms with van der Waals surface area (Å²) in [6.07, 6.45) is 11.7. The molecule has 3 aromatic heterocycles. The Bertz CT molecular complexity index is 891. The van der Waals surface area contributed by atoms with Crippen LogP contribution < -0.4 is 4.74 Å². The molecule has 3 aromatic rings. The molecule has 0 saturated carbocycles. The maximum Gasteiger partial charge on any atom is 0.225 e. The van der Waals surface area contributed by atoms with Crippen LogP contribution in [0.5, 0.6) is 5.88 Å². The van der Waals surface area contributed by atoms with Gasteiger partial charge in [-0.3, -0.25) is 0 Å². The molecule has 0 saturated heterocycles. The second-order valence-electron chi connectivity index (χ2n) is 7.48. The molecule has 1 aliphatic carbocycles. The number of aryl methyl sites for hydroxylation is 1. The molecule has 4 rings (SSSR count). The topological polar surface area (TPSA) is 61.0 Å². The molecule has 0 N–H and O–H groups in total. The minimum absolute atomic E-state index is 0.217. The fourth-order valence-corrected chi connectivity index (χ4v) is 5.43. The summed E-state index contributed by atoms with van der Waals surface area (Å²) < 4.78 is 11.9. The minimum atomic E-state index is 0.217. The van der Waals surface area contributed by atoms with Gasteiger partial charge in [0.25, 0.3) is 0 Å². The van der Waals surface area contributed by atoms with Crippen LogP contribution in [0, 0.1) is 0 Å². The standard InChI is InChI=1S/C21H27N3O2S.C2H6/c1-4-6-15(5-2)26-20-18-17-14(11-13(3)19-22-9-10-25-19)7-8-16(17)27-21(18)24-12-23-20;1-2/h9-10,12-15H,4-8,11H2,1-3H3;1-2H3/t13?,14-,15-;/m1./s1. The van der Waals surface area contributed by atoms with Crippen LogP contribution in [-0.4, -0.2) is 21.1 Å². The Morgan fingerprint density at radius 1 is 1.24 bits per heavy atom. The first-order valence-corrected chi connectivity index (χ1v) is 11.8. The summed E-state index contributed by atoms with van der Waals surface area (Å²) in [7, 11) is 0. The van der Waals surface area contributed by atoms with E-state index >= 15 is 0 Å². The van der Waals surface area contributed by atoms with Crippen molar-refractivity contribution in [3.05, 3.63) is 35.1 Å². The highest BCUT2D eigenvalue weighted by atomic mass is 32.1. The van der Waals surface area contributed by atoms with Crippen LogP contribution in [0.4, 0.5) is 0 Å². The Morgan fingerprint density at radius 2 is 2.07 bits per heavy atom. The van der Waals surface area contributed by atoms with Crippen molar-refractivity contribution < 1.29 is 9.15 Å². The maximum absolute atomic E-state index is 6.35. The Balaban J connectivity index is 0.00000117. The van der Waals surface area contributed by atoms with Crippen molar-refractivity contribution in [1.82, 2.24) is 15.0 Å². The number of rotatable bonds is 8.